The summed E-state index contributed by atoms with van der Waals surface area (Å²) in [6.45, 7) is 6.85. The molecule has 1 aliphatic carbocycles. The molecule has 0 unspecified atom stereocenters. The van der Waals surface area contributed by atoms with Crippen molar-refractivity contribution < 1.29 is 0 Å². The molecule has 0 N–H and O–H groups in total. The van der Waals surface area contributed by atoms with Gasteiger partial charge in [-0.15, -0.1) is 0 Å². The second-order valence-corrected chi connectivity index (χ2v) is 6.10. The summed E-state index contributed by atoms with van der Waals surface area (Å²) in [5.74, 6) is 1.71. The molecular formula is C11H19NS. The maximum Gasteiger partial charge on any atom is 0.133 e. The van der Waals surface area contributed by atoms with Crippen molar-refractivity contribution in [1.29, 1.82) is 5.26 Å². The van der Waals surface area contributed by atoms with Gasteiger partial charge in [0.05, 0.1) is 0 Å². The summed E-state index contributed by atoms with van der Waals surface area (Å²) in [7, 11) is 0. The van der Waals surface area contributed by atoms with Gasteiger partial charge in [-0.1, -0.05) is 13.8 Å². The van der Waals surface area contributed by atoms with Crippen molar-refractivity contribution in [3.63, 3.8) is 0 Å². The second kappa shape index (κ2) is 4.37. The van der Waals surface area contributed by atoms with E-state index >= 15 is 0 Å². The maximum atomic E-state index is 8.67. The van der Waals surface area contributed by atoms with Gasteiger partial charge in [0.25, 0.3) is 0 Å². The summed E-state index contributed by atoms with van der Waals surface area (Å²) in [6.07, 6.45) is 5.05. The quantitative estimate of drug-likeness (QED) is 0.629. The monoisotopic (exact) mass is 197 g/mol. The van der Waals surface area contributed by atoms with Crippen LogP contribution in [0.2, 0.25) is 0 Å². The molecule has 1 rings (SSSR count). The van der Waals surface area contributed by atoms with E-state index in [4.69, 9.17) is 5.26 Å². The third-order valence-electron chi connectivity index (χ3n) is 3.32. The van der Waals surface area contributed by atoms with Crippen LogP contribution in [0.15, 0.2) is 0 Å². The highest BCUT2D eigenvalue weighted by molar-refractivity contribution is 8.05. The SMILES string of the molecule is CC(C)C1CCC(C)(SC#N)CC1. The fraction of sp³-hybridized carbons (Fsp3) is 0.909. The Morgan fingerprint density at radius 3 is 2.31 bits per heavy atom. The van der Waals surface area contributed by atoms with E-state index in [1.165, 1.54) is 37.4 Å². The van der Waals surface area contributed by atoms with Crippen LogP contribution in [-0.2, 0) is 0 Å². The highest BCUT2D eigenvalue weighted by Gasteiger charge is 2.32. The molecule has 13 heavy (non-hydrogen) atoms. The van der Waals surface area contributed by atoms with Crippen LogP contribution in [0.1, 0.15) is 46.5 Å². The lowest BCUT2D eigenvalue weighted by molar-refractivity contribution is 0.251. The van der Waals surface area contributed by atoms with Crippen molar-refractivity contribution >= 4 is 11.8 Å². The van der Waals surface area contributed by atoms with Crippen LogP contribution < -0.4 is 0 Å². The zero-order valence-corrected chi connectivity index (χ0v) is 9.66. The van der Waals surface area contributed by atoms with Crippen LogP contribution in [0, 0.1) is 22.5 Å². The van der Waals surface area contributed by atoms with Gasteiger partial charge in [-0.2, -0.15) is 5.26 Å². The molecule has 0 spiro atoms. The molecule has 0 amide bonds. The largest absolute Gasteiger partial charge is 0.185 e. The van der Waals surface area contributed by atoms with Crippen LogP contribution in [0.3, 0.4) is 0 Å². The molecule has 1 nitrogen and oxygen atoms in total. The average molecular weight is 197 g/mol. The Balaban J connectivity index is 2.43. The summed E-state index contributed by atoms with van der Waals surface area (Å²) in [5.41, 5.74) is 0. The Labute approximate surface area is 85.9 Å². The molecule has 0 aromatic heterocycles. The number of nitriles is 1. The van der Waals surface area contributed by atoms with Gasteiger partial charge in [0.1, 0.15) is 5.40 Å². The van der Waals surface area contributed by atoms with E-state index < -0.39 is 0 Å². The Bertz CT molecular complexity index is 197. The van der Waals surface area contributed by atoms with Gasteiger partial charge in [-0.25, -0.2) is 0 Å². The zero-order valence-electron chi connectivity index (χ0n) is 8.84. The van der Waals surface area contributed by atoms with E-state index in [0.717, 1.165) is 11.8 Å². The maximum absolute atomic E-state index is 8.67. The summed E-state index contributed by atoms with van der Waals surface area (Å²) >= 11 is 1.47. The third-order valence-corrected chi connectivity index (χ3v) is 4.32. The topological polar surface area (TPSA) is 23.8 Å². The molecule has 0 aliphatic heterocycles. The number of rotatable bonds is 2. The predicted octanol–water partition coefficient (Wildman–Crippen LogP) is 3.81. The van der Waals surface area contributed by atoms with E-state index in [2.05, 4.69) is 26.2 Å². The van der Waals surface area contributed by atoms with Crippen molar-refractivity contribution in [2.24, 2.45) is 11.8 Å². The Morgan fingerprint density at radius 2 is 1.92 bits per heavy atom. The zero-order chi connectivity index (χ0) is 9.90. The van der Waals surface area contributed by atoms with Crippen molar-refractivity contribution in [3.05, 3.63) is 0 Å². The van der Waals surface area contributed by atoms with E-state index in [1.54, 1.807) is 0 Å². The fourth-order valence-corrected chi connectivity index (χ4v) is 2.79. The minimum Gasteiger partial charge on any atom is -0.185 e. The first kappa shape index (κ1) is 10.9. The molecule has 2 heteroatoms. The van der Waals surface area contributed by atoms with Gasteiger partial charge >= 0.3 is 0 Å². The molecule has 0 heterocycles. The summed E-state index contributed by atoms with van der Waals surface area (Å²) in [6, 6.07) is 0. The van der Waals surface area contributed by atoms with E-state index in [0.29, 0.717) is 0 Å². The lowest BCUT2D eigenvalue weighted by Crippen LogP contribution is -2.28. The number of thioether (sulfide) groups is 1. The number of hydrogen-bond acceptors (Lipinski definition) is 2. The van der Waals surface area contributed by atoms with E-state index in [1.807, 2.05) is 0 Å². The van der Waals surface area contributed by atoms with Crippen LogP contribution in [-0.4, -0.2) is 4.75 Å². The van der Waals surface area contributed by atoms with E-state index in [-0.39, 0.29) is 4.75 Å². The molecule has 0 aromatic carbocycles. The third kappa shape index (κ3) is 2.91. The molecule has 0 saturated heterocycles. The highest BCUT2D eigenvalue weighted by atomic mass is 32.2. The van der Waals surface area contributed by atoms with Crippen LogP contribution in [0.4, 0.5) is 0 Å². The number of thiocyanates is 1. The fourth-order valence-electron chi connectivity index (χ4n) is 2.13. The first-order chi connectivity index (χ1) is 6.07. The number of nitrogens with zero attached hydrogens (tertiary/aromatic N) is 1. The molecule has 1 aliphatic rings. The standard InChI is InChI=1S/C11H19NS/c1-9(2)10-4-6-11(3,7-5-10)13-8-12/h9-10H,4-7H2,1-3H3. The molecular weight excluding hydrogens is 178 g/mol. The van der Waals surface area contributed by atoms with Crippen LogP contribution in [0.25, 0.3) is 0 Å². The number of hydrogen-bond donors (Lipinski definition) is 0. The van der Waals surface area contributed by atoms with Gasteiger partial charge in [-0.3, -0.25) is 0 Å². The van der Waals surface area contributed by atoms with Crippen LogP contribution in [0.5, 0.6) is 0 Å². The van der Waals surface area contributed by atoms with Gasteiger partial charge in [0.15, 0.2) is 0 Å². The minimum absolute atomic E-state index is 0.250. The first-order valence-corrected chi connectivity index (χ1v) is 5.96. The summed E-state index contributed by atoms with van der Waals surface area (Å²) < 4.78 is 0.250. The molecule has 0 atom stereocenters. The Kier molecular flexibility index (Phi) is 3.67. The molecule has 0 aromatic rings. The predicted molar refractivity (Wildman–Crippen MR) is 58.4 cm³/mol. The normalized spacial score (nSPS) is 34.5. The van der Waals surface area contributed by atoms with Crippen molar-refractivity contribution in [2.45, 2.75) is 51.2 Å². The summed E-state index contributed by atoms with van der Waals surface area (Å²) in [4.78, 5) is 0. The molecule has 0 bridgehead atoms. The average Bonchev–Trinajstić information content (AvgIpc) is 2.05. The second-order valence-electron chi connectivity index (χ2n) is 4.72. The van der Waals surface area contributed by atoms with Crippen LogP contribution >= 0.6 is 11.8 Å². The Hall–Kier alpha value is -0.160. The lowest BCUT2D eigenvalue weighted by atomic mass is 9.77. The van der Waals surface area contributed by atoms with Gasteiger partial charge in [0, 0.05) is 4.75 Å². The molecule has 74 valence electrons. The van der Waals surface area contributed by atoms with Gasteiger partial charge in [-0.05, 0) is 56.2 Å². The smallest absolute Gasteiger partial charge is 0.133 e. The van der Waals surface area contributed by atoms with Crippen molar-refractivity contribution in [3.8, 4) is 5.40 Å². The summed E-state index contributed by atoms with van der Waals surface area (Å²) in [5, 5.41) is 10.9. The highest BCUT2D eigenvalue weighted by Crippen LogP contribution is 2.42. The van der Waals surface area contributed by atoms with Gasteiger partial charge in [0.2, 0.25) is 0 Å². The molecule has 1 fully saturated rings. The minimum atomic E-state index is 0.250. The first-order valence-electron chi connectivity index (χ1n) is 5.14. The molecule has 0 radical (unpaired) electrons. The van der Waals surface area contributed by atoms with E-state index in [9.17, 15) is 0 Å². The van der Waals surface area contributed by atoms with Crippen molar-refractivity contribution in [1.82, 2.24) is 0 Å². The van der Waals surface area contributed by atoms with Crippen molar-refractivity contribution in [2.75, 3.05) is 0 Å². The Morgan fingerprint density at radius 1 is 1.38 bits per heavy atom. The van der Waals surface area contributed by atoms with Gasteiger partial charge < -0.3 is 0 Å². The lowest BCUT2D eigenvalue weighted by Gasteiger charge is -2.36. The molecule has 1 saturated carbocycles.